The molecule has 0 atom stereocenters. The Hall–Kier alpha value is -2.93. The number of nitrogens with zero attached hydrogens (tertiary/aromatic N) is 3. The maximum absolute atomic E-state index is 13.1. The number of amides is 1. The summed E-state index contributed by atoms with van der Waals surface area (Å²) >= 11 is 0. The van der Waals surface area contributed by atoms with Gasteiger partial charge in [0, 0.05) is 45.5 Å². The van der Waals surface area contributed by atoms with E-state index in [2.05, 4.69) is 29.0 Å². The van der Waals surface area contributed by atoms with Crippen molar-refractivity contribution in [1.82, 2.24) is 14.8 Å². The second-order valence-electron chi connectivity index (χ2n) is 8.08. The number of carbonyl (C=O) groups is 2. The van der Waals surface area contributed by atoms with E-state index < -0.39 is 5.97 Å². The number of anilines is 1. The molecule has 160 valence electrons. The van der Waals surface area contributed by atoms with E-state index in [0.29, 0.717) is 36.0 Å². The molecule has 1 amide bonds. The lowest BCUT2D eigenvalue weighted by Crippen LogP contribution is -2.48. The van der Waals surface area contributed by atoms with Crippen LogP contribution >= 0.6 is 0 Å². The van der Waals surface area contributed by atoms with Crippen molar-refractivity contribution in [3.63, 3.8) is 0 Å². The largest absolute Gasteiger partial charge is 0.478 e. The third-order valence-corrected chi connectivity index (χ3v) is 5.32. The number of hydrogen-bond acceptors (Lipinski definition) is 5. The molecule has 1 fully saturated rings. The Labute approximate surface area is 177 Å². The molecule has 7 nitrogen and oxygen atoms in total. The van der Waals surface area contributed by atoms with E-state index in [1.807, 2.05) is 23.1 Å². The molecule has 1 aromatic heterocycles. The van der Waals surface area contributed by atoms with Gasteiger partial charge in [0.25, 0.3) is 5.91 Å². The van der Waals surface area contributed by atoms with Gasteiger partial charge in [-0.25, -0.2) is 9.78 Å². The summed E-state index contributed by atoms with van der Waals surface area (Å²) in [7, 11) is 0. The van der Waals surface area contributed by atoms with Gasteiger partial charge in [-0.1, -0.05) is 26.0 Å². The Kier molecular flexibility index (Phi) is 7.41. The first-order valence-electron chi connectivity index (χ1n) is 10.5. The lowest BCUT2D eigenvalue weighted by atomic mass is 10.1. The van der Waals surface area contributed by atoms with Crippen LogP contribution in [0.15, 0.2) is 42.6 Å². The smallest absolute Gasteiger partial charge is 0.335 e. The molecule has 0 spiro atoms. The van der Waals surface area contributed by atoms with Crippen molar-refractivity contribution in [2.24, 2.45) is 5.92 Å². The molecule has 1 aliphatic rings. The van der Waals surface area contributed by atoms with Gasteiger partial charge >= 0.3 is 5.97 Å². The van der Waals surface area contributed by atoms with E-state index in [9.17, 15) is 9.59 Å². The van der Waals surface area contributed by atoms with E-state index >= 15 is 0 Å². The average Bonchev–Trinajstić information content (AvgIpc) is 2.74. The molecule has 2 N–H and O–H groups in total. The quantitative estimate of drug-likeness (QED) is 0.695. The maximum Gasteiger partial charge on any atom is 0.335 e. The second-order valence-corrected chi connectivity index (χ2v) is 8.08. The highest BCUT2D eigenvalue weighted by Crippen LogP contribution is 2.17. The Morgan fingerprint density at radius 3 is 2.43 bits per heavy atom. The zero-order chi connectivity index (χ0) is 21.5. The fourth-order valence-corrected chi connectivity index (χ4v) is 3.49. The van der Waals surface area contributed by atoms with Crippen molar-refractivity contribution in [2.75, 3.05) is 38.0 Å². The highest BCUT2D eigenvalue weighted by Gasteiger charge is 2.24. The SMILES string of the molecule is CC(C)CCNc1ncccc1C(=O)N1CCN(Cc2ccc(C(=O)O)cc2)CC1. The maximum atomic E-state index is 13.1. The molecule has 0 aliphatic carbocycles. The number of carboxylic acids is 1. The van der Waals surface area contributed by atoms with Gasteiger partial charge in [0.2, 0.25) is 0 Å². The zero-order valence-electron chi connectivity index (χ0n) is 17.7. The lowest BCUT2D eigenvalue weighted by Gasteiger charge is -2.35. The summed E-state index contributed by atoms with van der Waals surface area (Å²) in [5.74, 6) is 0.348. The van der Waals surface area contributed by atoms with Crippen molar-refractivity contribution < 1.29 is 14.7 Å². The van der Waals surface area contributed by atoms with Gasteiger partial charge in [-0.2, -0.15) is 0 Å². The van der Waals surface area contributed by atoms with Crippen LogP contribution in [0.2, 0.25) is 0 Å². The van der Waals surface area contributed by atoms with E-state index in [0.717, 1.165) is 38.2 Å². The molecule has 2 aromatic rings. The third kappa shape index (κ3) is 5.79. The molecule has 0 saturated carbocycles. The number of rotatable bonds is 8. The first-order valence-corrected chi connectivity index (χ1v) is 10.5. The molecule has 0 radical (unpaired) electrons. The Morgan fingerprint density at radius 2 is 1.80 bits per heavy atom. The van der Waals surface area contributed by atoms with Crippen LogP contribution < -0.4 is 5.32 Å². The third-order valence-electron chi connectivity index (χ3n) is 5.32. The van der Waals surface area contributed by atoms with Crippen LogP contribution in [0.5, 0.6) is 0 Å². The van der Waals surface area contributed by atoms with Gasteiger partial charge in [-0.15, -0.1) is 0 Å². The molecule has 3 rings (SSSR count). The molecule has 0 bridgehead atoms. The van der Waals surface area contributed by atoms with Gasteiger partial charge < -0.3 is 15.3 Å². The highest BCUT2D eigenvalue weighted by atomic mass is 16.4. The molecule has 7 heteroatoms. The minimum absolute atomic E-state index is 0.0145. The predicted octanol–water partition coefficient (Wildman–Crippen LogP) is 3.20. The minimum Gasteiger partial charge on any atom is -0.478 e. The highest BCUT2D eigenvalue weighted by molar-refractivity contribution is 5.98. The number of aromatic carboxylic acids is 1. The number of aromatic nitrogens is 1. The number of nitrogens with one attached hydrogen (secondary N) is 1. The van der Waals surface area contributed by atoms with Crippen molar-refractivity contribution in [3.05, 3.63) is 59.3 Å². The predicted molar refractivity (Wildman–Crippen MR) is 117 cm³/mol. The van der Waals surface area contributed by atoms with Crippen LogP contribution in [0.1, 0.15) is 46.5 Å². The van der Waals surface area contributed by atoms with Crippen LogP contribution in [-0.2, 0) is 6.54 Å². The summed E-state index contributed by atoms with van der Waals surface area (Å²) in [5.41, 5.74) is 1.99. The number of carbonyl (C=O) groups excluding carboxylic acids is 1. The van der Waals surface area contributed by atoms with E-state index in [1.54, 1.807) is 24.4 Å². The van der Waals surface area contributed by atoms with Gasteiger partial charge in [-0.05, 0) is 42.2 Å². The Morgan fingerprint density at radius 1 is 1.10 bits per heavy atom. The fourth-order valence-electron chi connectivity index (χ4n) is 3.49. The number of hydrogen-bond donors (Lipinski definition) is 2. The van der Waals surface area contributed by atoms with E-state index in [1.165, 1.54) is 0 Å². The first-order chi connectivity index (χ1) is 14.4. The van der Waals surface area contributed by atoms with E-state index in [-0.39, 0.29) is 5.91 Å². The van der Waals surface area contributed by atoms with Gasteiger partial charge in [-0.3, -0.25) is 9.69 Å². The second kappa shape index (κ2) is 10.2. The van der Waals surface area contributed by atoms with Crippen molar-refractivity contribution in [1.29, 1.82) is 0 Å². The minimum atomic E-state index is -0.915. The van der Waals surface area contributed by atoms with Crippen molar-refractivity contribution in [3.8, 4) is 0 Å². The summed E-state index contributed by atoms with van der Waals surface area (Å²) < 4.78 is 0. The van der Waals surface area contributed by atoms with Crippen LogP contribution in [-0.4, -0.2) is 64.5 Å². The van der Waals surface area contributed by atoms with Crippen molar-refractivity contribution in [2.45, 2.75) is 26.8 Å². The fraction of sp³-hybridized carbons (Fsp3) is 0.435. The molecule has 0 unspecified atom stereocenters. The molecule has 1 aliphatic heterocycles. The molecule has 1 saturated heterocycles. The summed E-state index contributed by atoms with van der Waals surface area (Å²) in [6, 6.07) is 10.6. The molecule has 1 aromatic carbocycles. The van der Waals surface area contributed by atoms with Crippen molar-refractivity contribution >= 4 is 17.7 Å². The van der Waals surface area contributed by atoms with Crippen LogP contribution in [0.4, 0.5) is 5.82 Å². The van der Waals surface area contributed by atoms with Crippen LogP contribution in [0.25, 0.3) is 0 Å². The normalized spacial score (nSPS) is 14.7. The van der Waals surface area contributed by atoms with Crippen LogP contribution in [0.3, 0.4) is 0 Å². The first kappa shape index (κ1) is 21.8. The zero-order valence-corrected chi connectivity index (χ0v) is 17.7. The topological polar surface area (TPSA) is 85.8 Å². The number of piperazine rings is 1. The Balaban J connectivity index is 1.54. The van der Waals surface area contributed by atoms with Gasteiger partial charge in [0.1, 0.15) is 5.82 Å². The average molecular weight is 411 g/mol. The molecule has 2 heterocycles. The summed E-state index contributed by atoms with van der Waals surface area (Å²) in [4.78, 5) is 32.6. The summed E-state index contributed by atoms with van der Waals surface area (Å²) in [6.45, 7) is 8.77. The van der Waals surface area contributed by atoms with Gasteiger partial charge in [0.15, 0.2) is 0 Å². The van der Waals surface area contributed by atoms with Gasteiger partial charge in [0.05, 0.1) is 11.1 Å². The standard InChI is InChI=1S/C23H30N4O3/c1-17(2)9-11-25-21-20(4-3-10-24-21)22(28)27-14-12-26(13-15-27)16-18-5-7-19(8-6-18)23(29)30/h3-8,10,17H,9,11-16H2,1-2H3,(H,24,25)(H,29,30). The molecular weight excluding hydrogens is 380 g/mol. The Bertz CT molecular complexity index is 859. The summed E-state index contributed by atoms with van der Waals surface area (Å²) in [5, 5.41) is 12.3. The summed E-state index contributed by atoms with van der Waals surface area (Å²) in [6.07, 6.45) is 2.73. The monoisotopic (exact) mass is 410 g/mol. The van der Waals surface area contributed by atoms with E-state index in [4.69, 9.17) is 5.11 Å². The lowest BCUT2D eigenvalue weighted by molar-refractivity contribution is 0.0628. The molecular formula is C23H30N4O3. The molecule has 30 heavy (non-hydrogen) atoms. The van der Waals surface area contributed by atoms with Crippen LogP contribution in [0, 0.1) is 5.92 Å². The number of benzene rings is 1. The number of pyridine rings is 1. The number of carboxylic acid groups (broad SMARTS) is 1.